The molecule has 0 fully saturated rings. The molecule has 0 saturated heterocycles. The number of anilines is 2. The highest BCUT2D eigenvalue weighted by atomic mass is 16.5. The Hall–Kier alpha value is -2.49. The van der Waals surface area contributed by atoms with Gasteiger partial charge in [-0.05, 0) is 50.2 Å². The molecule has 0 unspecified atom stereocenters. The van der Waals surface area contributed by atoms with Gasteiger partial charge in [0.05, 0.1) is 7.11 Å². The average molecular weight is 298 g/mol. The maximum absolute atomic E-state index is 12.2. The minimum Gasteiger partial charge on any atom is -0.497 e. The second-order valence-electron chi connectivity index (χ2n) is 4.91. The Morgan fingerprint density at radius 1 is 1.05 bits per heavy atom. The zero-order valence-corrected chi connectivity index (χ0v) is 13.3. The lowest BCUT2D eigenvalue weighted by Crippen LogP contribution is -2.30. The van der Waals surface area contributed by atoms with Gasteiger partial charge in [0.2, 0.25) is 0 Å². The van der Waals surface area contributed by atoms with E-state index in [0.29, 0.717) is 5.56 Å². The summed E-state index contributed by atoms with van der Waals surface area (Å²) >= 11 is 0. The Balaban J connectivity index is 2.10. The van der Waals surface area contributed by atoms with Gasteiger partial charge >= 0.3 is 0 Å². The summed E-state index contributed by atoms with van der Waals surface area (Å²) in [6, 6.07) is 15.3. The summed E-state index contributed by atoms with van der Waals surface area (Å²) < 4.78 is 5.20. The van der Waals surface area contributed by atoms with Crippen molar-refractivity contribution >= 4 is 17.3 Å². The molecule has 0 aliphatic rings. The molecule has 2 rings (SSSR count). The fraction of sp³-hybridized carbons (Fsp3) is 0.278. The number of nitrogens with one attached hydrogen (secondary N) is 1. The Bertz CT molecular complexity index is 619. The van der Waals surface area contributed by atoms with E-state index < -0.39 is 0 Å². The zero-order valence-electron chi connectivity index (χ0n) is 13.3. The van der Waals surface area contributed by atoms with Gasteiger partial charge in [-0.2, -0.15) is 0 Å². The van der Waals surface area contributed by atoms with Crippen LogP contribution in [-0.4, -0.2) is 31.0 Å². The number of hydrogen-bond donors (Lipinski definition) is 1. The third-order valence-electron chi connectivity index (χ3n) is 3.54. The topological polar surface area (TPSA) is 41.6 Å². The first-order valence-electron chi connectivity index (χ1n) is 7.48. The molecule has 22 heavy (non-hydrogen) atoms. The molecular weight excluding hydrogens is 276 g/mol. The van der Waals surface area contributed by atoms with Gasteiger partial charge < -0.3 is 15.0 Å². The molecule has 0 bridgehead atoms. The van der Waals surface area contributed by atoms with Crippen molar-refractivity contribution in [1.82, 2.24) is 4.90 Å². The van der Waals surface area contributed by atoms with Crippen LogP contribution < -0.4 is 10.1 Å². The number of rotatable bonds is 6. The number of methoxy groups -OCH3 is 1. The molecule has 0 aromatic heterocycles. The normalized spacial score (nSPS) is 10.1. The van der Waals surface area contributed by atoms with Crippen LogP contribution in [0.2, 0.25) is 0 Å². The molecule has 0 saturated carbocycles. The molecule has 2 aromatic carbocycles. The summed E-state index contributed by atoms with van der Waals surface area (Å²) in [6.07, 6.45) is 0. The fourth-order valence-corrected chi connectivity index (χ4v) is 2.26. The maximum Gasteiger partial charge on any atom is 0.253 e. The molecule has 0 radical (unpaired) electrons. The number of ether oxygens (including phenoxy) is 1. The van der Waals surface area contributed by atoms with E-state index in [1.807, 2.05) is 67.3 Å². The second kappa shape index (κ2) is 7.50. The largest absolute Gasteiger partial charge is 0.497 e. The highest BCUT2D eigenvalue weighted by molar-refractivity contribution is 5.94. The smallest absolute Gasteiger partial charge is 0.253 e. The molecule has 4 heteroatoms. The van der Waals surface area contributed by atoms with Crippen molar-refractivity contribution in [2.75, 3.05) is 25.5 Å². The molecule has 0 spiro atoms. The molecule has 1 N–H and O–H groups in total. The molecular formula is C18H22N2O2. The van der Waals surface area contributed by atoms with Gasteiger partial charge in [0, 0.05) is 36.1 Å². The van der Waals surface area contributed by atoms with Crippen molar-refractivity contribution in [2.45, 2.75) is 13.8 Å². The first-order chi connectivity index (χ1) is 10.7. The van der Waals surface area contributed by atoms with E-state index in [1.165, 1.54) is 0 Å². The molecule has 0 heterocycles. The van der Waals surface area contributed by atoms with Crippen LogP contribution in [0.25, 0.3) is 0 Å². The molecule has 0 aliphatic carbocycles. The van der Waals surface area contributed by atoms with Crippen molar-refractivity contribution in [3.63, 3.8) is 0 Å². The second-order valence-corrected chi connectivity index (χ2v) is 4.91. The lowest BCUT2D eigenvalue weighted by molar-refractivity contribution is 0.0773. The Morgan fingerprint density at radius 2 is 1.73 bits per heavy atom. The van der Waals surface area contributed by atoms with Gasteiger partial charge in [0.25, 0.3) is 5.91 Å². The van der Waals surface area contributed by atoms with Crippen molar-refractivity contribution in [3.05, 3.63) is 54.1 Å². The summed E-state index contributed by atoms with van der Waals surface area (Å²) in [4.78, 5) is 14.1. The van der Waals surface area contributed by atoms with Gasteiger partial charge in [-0.25, -0.2) is 0 Å². The summed E-state index contributed by atoms with van der Waals surface area (Å²) in [5, 5.41) is 3.30. The first-order valence-corrected chi connectivity index (χ1v) is 7.48. The minimum atomic E-state index is 0.0675. The van der Waals surface area contributed by atoms with E-state index in [0.717, 1.165) is 30.2 Å². The van der Waals surface area contributed by atoms with E-state index in [4.69, 9.17) is 4.74 Å². The number of carbonyl (C=O) groups excluding carboxylic acids is 1. The number of hydrogen-bond acceptors (Lipinski definition) is 3. The predicted octanol–water partition coefficient (Wildman–Crippen LogP) is 3.92. The van der Waals surface area contributed by atoms with E-state index in [-0.39, 0.29) is 5.91 Å². The van der Waals surface area contributed by atoms with E-state index in [2.05, 4.69) is 5.32 Å². The van der Waals surface area contributed by atoms with Crippen molar-refractivity contribution in [1.29, 1.82) is 0 Å². The molecule has 116 valence electrons. The quantitative estimate of drug-likeness (QED) is 0.879. The monoisotopic (exact) mass is 298 g/mol. The molecule has 0 atom stereocenters. The standard InChI is InChI=1S/C18H22N2O2/c1-4-20(5-2)18(21)14-9-11-15(12-10-14)19-16-7-6-8-17(13-16)22-3/h6-13,19H,4-5H2,1-3H3. The SMILES string of the molecule is CCN(CC)C(=O)c1ccc(Nc2cccc(OC)c2)cc1. The van der Waals surface area contributed by atoms with Crippen LogP contribution in [0.4, 0.5) is 11.4 Å². The average Bonchev–Trinajstić information content (AvgIpc) is 2.56. The van der Waals surface area contributed by atoms with E-state index in [9.17, 15) is 4.79 Å². The third kappa shape index (κ3) is 3.79. The van der Waals surface area contributed by atoms with Crippen molar-refractivity contribution < 1.29 is 9.53 Å². The Kier molecular flexibility index (Phi) is 5.42. The van der Waals surface area contributed by atoms with Crippen molar-refractivity contribution in [3.8, 4) is 5.75 Å². The van der Waals surface area contributed by atoms with Crippen LogP contribution in [0.3, 0.4) is 0 Å². The molecule has 0 aliphatic heterocycles. The van der Waals surface area contributed by atoms with Crippen LogP contribution >= 0.6 is 0 Å². The van der Waals surface area contributed by atoms with Gasteiger partial charge in [-0.3, -0.25) is 4.79 Å². The zero-order chi connectivity index (χ0) is 15.9. The third-order valence-corrected chi connectivity index (χ3v) is 3.54. The minimum absolute atomic E-state index is 0.0675. The molecule has 2 aromatic rings. The highest BCUT2D eigenvalue weighted by Crippen LogP contribution is 2.21. The van der Waals surface area contributed by atoms with Gasteiger partial charge in [-0.1, -0.05) is 6.07 Å². The van der Waals surface area contributed by atoms with Gasteiger partial charge in [0.15, 0.2) is 0 Å². The van der Waals surface area contributed by atoms with Crippen LogP contribution in [0.15, 0.2) is 48.5 Å². The van der Waals surface area contributed by atoms with Gasteiger partial charge in [-0.15, -0.1) is 0 Å². The van der Waals surface area contributed by atoms with Crippen LogP contribution in [0.1, 0.15) is 24.2 Å². The van der Waals surface area contributed by atoms with Gasteiger partial charge in [0.1, 0.15) is 5.75 Å². The summed E-state index contributed by atoms with van der Waals surface area (Å²) in [7, 11) is 1.65. The molecule has 4 nitrogen and oxygen atoms in total. The predicted molar refractivity (Wildman–Crippen MR) is 90.0 cm³/mol. The maximum atomic E-state index is 12.2. The lowest BCUT2D eigenvalue weighted by Gasteiger charge is -2.18. The van der Waals surface area contributed by atoms with Crippen molar-refractivity contribution in [2.24, 2.45) is 0 Å². The molecule has 1 amide bonds. The van der Waals surface area contributed by atoms with Crippen LogP contribution in [-0.2, 0) is 0 Å². The van der Waals surface area contributed by atoms with Crippen LogP contribution in [0, 0.1) is 0 Å². The Labute approximate surface area is 131 Å². The highest BCUT2D eigenvalue weighted by Gasteiger charge is 2.11. The number of amides is 1. The summed E-state index contributed by atoms with van der Waals surface area (Å²) in [5.74, 6) is 0.872. The lowest BCUT2D eigenvalue weighted by atomic mass is 10.1. The number of benzene rings is 2. The first kappa shape index (κ1) is 15.9. The summed E-state index contributed by atoms with van der Waals surface area (Å²) in [5.41, 5.74) is 2.59. The number of nitrogens with zero attached hydrogens (tertiary/aromatic N) is 1. The number of carbonyl (C=O) groups is 1. The summed E-state index contributed by atoms with van der Waals surface area (Å²) in [6.45, 7) is 5.42. The Morgan fingerprint density at radius 3 is 2.32 bits per heavy atom. The fourth-order valence-electron chi connectivity index (χ4n) is 2.26. The van der Waals surface area contributed by atoms with Crippen LogP contribution in [0.5, 0.6) is 5.75 Å². The van der Waals surface area contributed by atoms with E-state index >= 15 is 0 Å². The van der Waals surface area contributed by atoms with E-state index in [1.54, 1.807) is 7.11 Å².